The topological polar surface area (TPSA) is 108 Å². The van der Waals surface area contributed by atoms with Gasteiger partial charge in [0.25, 0.3) is 0 Å². The van der Waals surface area contributed by atoms with E-state index in [1.807, 2.05) is 0 Å². The lowest BCUT2D eigenvalue weighted by Crippen LogP contribution is -1.99. The summed E-state index contributed by atoms with van der Waals surface area (Å²) in [6.07, 6.45) is 0. The van der Waals surface area contributed by atoms with Crippen LogP contribution < -0.4 is 0 Å². The lowest BCUT2D eigenvalue weighted by atomic mass is 10.2. The van der Waals surface area contributed by atoms with E-state index in [9.17, 15) is 9.36 Å². The number of hydrogen-bond donors (Lipinski definition) is 3. The number of nitrogens with zero attached hydrogens (tertiary/aromatic N) is 1. The van der Waals surface area contributed by atoms with Gasteiger partial charge < -0.3 is 14.9 Å². The standard InChI is InChI=1S/C11H10NO5PS/c13-11(14)9-4-2-7-1-3-8(5-10(7)12-9)19-6-18(15,16)17/h1-5H,6H2,(H,13,14)(H2,15,16,17). The van der Waals surface area contributed by atoms with Crippen molar-refractivity contribution in [2.24, 2.45) is 0 Å². The van der Waals surface area contributed by atoms with Crippen molar-refractivity contribution >= 4 is 36.2 Å². The Labute approximate surface area is 112 Å². The van der Waals surface area contributed by atoms with Crippen molar-refractivity contribution in [2.45, 2.75) is 4.90 Å². The predicted octanol–water partition coefficient (Wildman–Crippen LogP) is 2.16. The summed E-state index contributed by atoms with van der Waals surface area (Å²) >= 11 is 1.01. The normalized spacial score (nSPS) is 11.7. The van der Waals surface area contributed by atoms with Crippen LogP contribution in [0.2, 0.25) is 0 Å². The Morgan fingerprint density at radius 2 is 1.95 bits per heavy atom. The summed E-state index contributed by atoms with van der Waals surface area (Å²) in [5.74, 6) is -1.12. The van der Waals surface area contributed by atoms with Crippen LogP contribution in [0.3, 0.4) is 0 Å². The van der Waals surface area contributed by atoms with Crippen LogP contribution in [0.5, 0.6) is 0 Å². The molecule has 0 fully saturated rings. The number of aromatic carboxylic acids is 1. The average molecular weight is 299 g/mol. The first-order valence-electron chi connectivity index (χ1n) is 5.17. The van der Waals surface area contributed by atoms with Gasteiger partial charge in [0.05, 0.1) is 5.52 Å². The van der Waals surface area contributed by atoms with Crippen molar-refractivity contribution in [1.29, 1.82) is 0 Å². The summed E-state index contributed by atoms with van der Waals surface area (Å²) < 4.78 is 10.8. The first-order chi connectivity index (χ1) is 8.85. The number of carboxylic acids is 1. The van der Waals surface area contributed by atoms with Gasteiger partial charge in [-0.15, -0.1) is 11.8 Å². The highest BCUT2D eigenvalue weighted by atomic mass is 32.2. The lowest BCUT2D eigenvalue weighted by molar-refractivity contribution is 0.0691. The van der Waals surface area contributed by atoms with E-state index in [-0.39, 0.29) is 11.2 Å². The summed E-state index contributed by atoms with van der Waals surface area (Å²) in [4.78, 5) is 33.0. The van der Waals surface area contributed by atoms with Crippen LogP contribution in [0, 0.1) is 0 Å². The number of benzene rings is 1. The molecule has 0 saturated carbocycles. The third-order valence-electron chi connectivity index (χ3n) is 2.28. The fraction of sp³-hybridized carbons (Fsp3) is 0.0909. The summed E-state index contributed by atoms with van der Waals surface area (Å²) in [5.41, 5.74) is 0.0946. The van der Waals surface area contributed by atoms with Gasteiger partial charge in [-0.05, 0) is 18.2 Å². The molecular formula is C11H10NO5PS. The summed E-state index contributed by atoms with van der Waals surface area (Å²) in [7, 11) is -4.07. The minimum absolute atomic E-state index is 0.0651. The van der Waals surface area contributed by atoms with Crippen LogP contribution in [-0.2, 0) is 4.57 Å². The van der Waals surface area contributed by atoms with Gasteiger partial charge in [0.2, 0.25) is 0 Å². The molecule has 0 atom stereocenters. The van der Waals surface area contributed by atoms with Crippen LogP contribution >= 0.6 is 19.4 Å². The van der Waals surface area contributed by atoms with Gasteiger partial charge in [-0.25, -0.2) is 9.78 Å². The molecule has 100 valence electrons. The maximum atomic E-state index is 10.8. The van der Waals surface area contributed by atoms with E-state index >= 15 is 0 Å². The molecule has 0 aliphatic heterocycles. The maximum Gasteiger partial charge on any atom is 0.354 e. The highest BCUT2D eigenvalue weighted by Crippen LogP contribution is 2.41. The molecule has 0 amide bonds. The molecule has 0 bridgehead atoms. The molecule has 0 saturated heterocycles. The second-order valence-corrected chi connectivity index (χ2v) is 6.92. The number of carbonyl (C=O) groups is 1. The number of hydrogen-bond acceptors (Lipinski definition) is 4. The lowest BCUT2D eigenvalue weighted by Gasteiger charge is -2.05. The van der Waals surface area contributed by atoms with Crippen LogP contribution in [0.15, 0.2) is 35.2 Å². The number of aromatic nitrogens is 1. The van der Waals surface area contributed by atoms with Gasteiger partial charge in [-0.2, -0.15) is 0 Å². The average Bonchev–Trinajstić information content (AvgIpc) is 2.34. The number of fused-ring (bicyclic) bond motifs is 1. The highest BCUT2D eigenvalue weighted by Gasteiger charge is 2.13. The maximum absolute atomic E-state index is 10.8. The minimum atomic E-state index is -4.07. The summed E-state index contributed by atoms with van der Waals surface area (Å²) in [6.45, 7) is 0. The molecule has 0 radical (unpaired) electrons. The van der Waals surface area contributed by atoms with Crippen molar-refractivity contribution in [3.63, 3.8) is 0 Å². The molecule has 19 heavy (non-hydrogen) atoms. The van der Waals surface area contributed by atoms with Gasteiger partial charge in [-0.1, -0.05) is 12.1 Å². The van der Waals surface area contributed by atoms with Gasteiger partial charge in [-0.3, -0.25) is 4.57 Å². The molecule has 1 heterocycles. The first kappa shape index (κ1) is 14.0. The molecule has 6 nitrogen and oxygen atoms in total. The molecule has 0 aliphatic carbocycles. The molecule has 1 aromatic heterocycles. The Morgan fingerprint density at radius 1 is 1.26 bits per heavy atom. The van der Waals surface area contributed by atoms with Gasteiger partial charge in [0, 0.05) is 10.3 Å². The number of carboxylic acid groups (broad SMARTS) is 1. The molecule has 0 aliphatic rings. The predicted molar refractivity (Wildman–Crippen MR) is 71.5 cm³/mol. The monoisotopic (exact) mass is 299 g/mol. The third kappa shape index (κ3) is 3.78. The van der Waals surface area contributed by atoms with Crippen molar-refractivity contribution in [1.82, 2.24) is 4.98 Å². The van der Waals surface area contributed by atoms with E-state index in [0.29, 0.717) is 10.4 Å². The van der Waals surface area contributed by atoms with E-state index in [1.54, 1.807) is 24.3 Å². The molecule has 0 spiro atoms. The van der Waals surface area contributed by atoms with Crippen LogP contribution in [-0.4, -0.2) is 31.3 Å². The quantitative estimate of drug-likeness (QED) is 0.586. The fourth-order valence-corrected chi connectivity index (χ4v) is 3.09. The van der Waals surface area contributed by atoms with Crippen LogP contribution in [0.4, 0.5) is 0 Å². The zero-order chi connectivity index (χ0) is 14.0. The summed E-state index contributed by atoms with van der Waals surface area (Å²) in [5, 5.41) is 9.62. The van der Waals surface area contributed by atoms with E-state index in [1.165, 1.54) is 6.07 Å². The van der Waals surface area contributed by atoms with Crippen LogP contribution in [0.25, 0.3) is 10.9 Å². The Hall–Kier alpha value is -1.40. The van der Waals surface area contributed by atoms with Crippen molar-refractivity contribution < 1.29 is 24.3 Å². The summed E-state index contributed by atoms with van der Waals surface area (Å²) in [6, 6.07) is 8.11. The van der Waals surface area contributed by atoms with E-state index in [4.69, 9.17) is 14.9 Å². The number of pyridine rings is 1. The molecule has 3 N–H and O–H groups in total. The molecular weight excluding hydrogens is 289 g/mol. The second-order valence-electron chi connectivity index (χ2n) is 3.79. The second kappa shape index (κ2) is 5.30. The largest absolute Gasteiger partial charge is 0.477 e. The molecule has 2 aromatic rings. The Morgan fingerprint density at radius 3 is 2.58 bits per heavy atom. The molecule has 1 aromatic carbocycles. The highest BCUT2D eigenvalue weighted by molar-refractivity contribution is 8.04. The molecule has 0 unspecified atom stereocenters. The van der Waals surface area contributed by atoms with Crippen molar-refractivity contribution in [3.05, 3.63) is 36.0 Å². The van der Waals surface area contributed by atoms with Gasteiger partial charge in [0.1, 0.15) is 11.2 Å². The Balaban J connectivity index is 2.33. The smallest absolute Gasteiger partial charge is 0.354 e. The van der Waals surface area contributed by atoms with E-state index in [0.717, 1.165) is 17.1 Å². The fourth-order valence-electron chi connectivity index (χ4n) is 1.46. The molecule has 8 heteroatoms. The van der Waals surface area contributed by atoms with Crippen LogP contribution in [0.1, 0.15) is 10.5 Å². The SMILES string of the molecule is O=C(O)c1ccc2ccc(SCP(=O)(O)O)cc2n1. The number of rotatable bonds is 4. The Bertz CT molecular complexity index is 684. The third-order valence-corrected chi connectivity index (χ3v) is 4.73. The zero-order valence-corrected chi connectivity index (χ0v) is 11.3. The Kier molecular flexibility index (Phi) is 3.91. The number of thioether (sulfide) groups is 1. The van der Waals surface area contributed by atoms with Crippen molar-refractivity contribution in [3.8, 4) is 0 Å². The van der Waals surface area contributed by atoms with E-state index < -0.39 is 13.6 Å². The van der Waals surface area contributed by atoms with Gasteiger partial charge in [0.15, 0.2) is 0 Å². The van der Waals surface area contributed by atoms with E-state index in [2.05, 4.69) is 4.98 Å². The van der Waals surface area contributed by atoms with Crippen molar-refractivity contribution in [2.75, 3.05) is 5.49 Å². The van der Waals surface area contributed by atoms with Gasteiger partial charge >= 0.3 is 13.6 Å². The zero-order valence-electron chi connectivity index (χ0n) is 9.55. The molecule has 2 rings (SSSR count). The first-order valence-corrected chi connectivity index (χ1v) is 7.95. The minimum Gasteiger partial charge on any atom is -0.477 e.